The van der Waals surface area contributed by atoms with Gasteiger partial charge < -0.3 is 34.8 Å². The van der Waals surface area contributed by atoms with Gasteiger partial charge >= 0.3 is 58.9 Å². The monoisotopic (exact) mass is 1230 g/mol. The van der Waals surface area contributed by atoms with Crippen molar-refractivity contribution in [2.75, 3.05) is 38.2 Å². The van der Waals surface area contributed by atoms with Gasteiger partial charge in [0, 0.05) is 56.7 Å². The van der Waals surface area contributed by atoms with Crippen LogP contribution < -0.4 is 80.1 Å². The summed E-state index contributed by atoms with van der Waals surface area (Å²) in [5, 5.41) is 0. The first-order valence-electron chi connectivity index (χ1n) is 20.9. The van der Waals surface area contributed by atoms with E-state index in [9.17, 15) is 12.9 Å². The van der Waals surface area contributed by atoms with Crippen LogP contribution in [0.3, 0.4) is 0 Å². The predicted molar refractivity (Wildman–Crippen MR) is 296 cm³/mol. The second-order valence-electron chi connectivity index (χ2n) is 14.2. The van der Waals surface area contributed by atoms with Crippen LogP contribution in [0.15, 0.2) is 144 Å². The maximum absolute atomic E-state index is 9.67. The van der Waals surface area contributed by atoms with E-state index in [2.05, 4.69) is 186 Å². The van der Waals surface area contributed by atoms with Gasteiger partial charge in [-0.1, -0.05) is 55.1 Å². The van der Waals surface area contributed by atoms with Crippen molar-refractivity contribution in [2.24, 2.45) is 0 Å². The Balaban J connectivity index is 0.000000556. The second-order valence-corrected chi connectivity index (χ2v) is 17.0. The number of nitrogens with zero attached hydrogens (tertiary/aromatic N) is 4. The van der Waals surface area contributed by atoms with Gasteiger partial charge in [0.05, 0.1) is 28.4 Å². The fraction of sp³-hybridized carbons (Fsp3) is 0.182. The molecule has 0 aliphatic carbocycles. The molecule has 0 aliphatic heterocycles. The average Bonchev–Trinajstić information content (AvgIpc) is 3.36. The van der Waals surface area contributed by atoms with Gasteiger partial charge in [0.25, 0.3) is 0 Å². The Hall–Kier alpha value is -4.81. The topological polar surface area (TPSA) is 69.2 Å². The van der Waals surface area contributed by atoms with Gasteiger partial charge in [0.2, 0.25) is 0 Å². The zero-order valence-electron chi connectivity index (χ0n) is 40.8. The van der Waals surface area contributed by atoms with Crippen LogP contribution in [0.1, 0.15) is 41.7 Å². The van der Waals surface area contributed by atoms with Crippen molar-refractivity contribution in [3.63, 3.8) is 0 Å². The van der Waals surface area contributed by atoms with Crippen LogP contribution in [0.25, 0.3) is 5.57 Å². The molecule has 0 radical (unpaired) electrons. The first kappa shape index (κ1) is 64.2. The molecule has 0 N–H and O–H groups in total. The van der Waals surface area contributed by atoms with Crippen molar-refractivity contribution in [3.8, 4) is 59.0 Å². The number of aromatic nitrogens is 2. The van der Waals surface area contributed by atoms with Crippen molar-refractivity contribution in [3.05, 3.63) is 188 Å². The summed E-state index contributed by atoms with van der Waals surface area (Å²) in [6, 6.07) is 36.6. The summed E-state index contributed by atoms with van der Waals surface area (Å²) in [7, 11) is 3.04. The van der Waals surface area contributed by atoms with E-state index in [1.165, 1.54) is 22.3 Å². The number of rotatable bonds is 15. The Labute approximate surface area is 492 Å². The molecule has 6 aromatic rings. The van der Waals surface area contributed by atoms with Gasteiger partial charge in [-0.3, -0.25) is 25.4 Å². The summed E-state index contributed by atoms with van der Waals surface area (Å²) in [5.41, 5.74) is 6.75. The average molecular weight is 1230 g/mol. The molecule has 71 heavy (non-hydrogen) atoms. The molecule has 16 heteroatoms. The fourth-order valence-electron chi connectivity index (χ4n) is 5.84. The number of halogens is 6. The van der Waals surface area contributed by atoms with Gasteiger partial charge in [-0.25, -0.2) is 15.9 Å². The quantitative estimate of drug-likeness (QED) is 0.0436. The van der Waals surface area contributed by atoms with Crippen molar-refractivity contribution < 1.29 is 83.3 Å². The predicted octanol–water partition coefficient (Wildman–Crippen LogP) is 11.1. The molecule has 364 valence electrons. The van der Waals surface area contributed by atoms with E-state index in [4.69, 9.17) is 30.4 Å². The molecule has 8 nitrogen and oxygen atoms in total. The molecule has 2 heterocycles. The van der Waals surface area contributed by atoms with Crippen LogP contribution in [-0.2, 0) is 26.2 Å². The van der Waals surface area contributed by atoms with E-state index in [1.54, 1.807) is 35.4 Å². The van der Waals surface area contributed by atoms with Gasteiger partial charge in [-0.15, -0.1) is 12.3 Å². The molecule has 0 spiro atoms. The summed E-state index contributed by atoms with van der Waals surface area (Å²) in [5.74, 6) is 16.8. The zero-order chi connectivity index (χ0) is 51.8. The number of pyridine rings is 2. The van der Waals surface area contributed by atoms with Crippen molar-refractivity contribution >= 4 is 79.2 Å². The van der Waals surface area contributed by atoms with Crippen molar-refractivity contribution in [2.45, 2.75) is 40.0 Å². The molecule has 0 atom stereocenters. The maximum Gasteiger partial charge on any atom is 1.00 e. The third-order valence-electron chi connectivity index (χ3n) is 9.16. The number of hydrogen-bond acceptors (Lipinski definition) is 8. The van der Waals surface area contributed by atoms with Gasteiger partial charge in [0.1, 0.15) is 34.6 Å². The third-order valence-corrected chi connectivity index (χ3v) is 12.1. The number of terminal acetylenes is 1. The molecule has 0 saturated heterocycles. The zero-order valence-corrected chi connectivity index (χ0v) is 49.3. The number of methoxy groups -OCH3 is 4. The molecule has 0 aliphatic rings. The second kappa shape index (κ2) is 37.0. The van der Waals surface area contributed by atoms with Gasteiger partial charge in [0.15, 0.2) is 0 Å². The Morgan fingerprint density at radius 2 is 0.972 bits per heavy atom. The SMILES string of the molecule is C#CC#CC#C[CH2-].C=C(C)c1cnc(N(Cc2ccc(OC)cc2)Cc2ccc(OC)cc2)cc1Br.C=[C-]C.COc1ccc(CN(Cc2ccc(OC)cc2)c2cc(Br)c(I)cn2)cc1.FB(F)F.[K+]. The molecule has 6 rings (SSSR count). The Kier molecular flexibility index (Phi) is 33.5. The van der Waals surface area contributed by atoms with Crippen LogP contribution in [0.5, 0.6) is 23.0 Å². The van der Waals surface area contributed by atoms with Crippen LogP contribution in [-0.4, -0.2) is 46.0 Å². The van der Waals surface area contributed by atoms with E-state index in [0.717, 1.165) is 84.5 Å². The van der Waals surface area contributed by atoms with E-state index in [-0.39, 0.29) is 51.4 Å². The summed E-state index contributed by atoms with van der Waals surface area (Å²) < 4.78 is 53.2. The normalized spacial score (nSPS) is 9.17. The molecular weight excluding hydrogens is 1170 g/mol. The summed E-state index contributed by atoms with van der Waals surface area (Å²) in [6.07, 6.45) is 11.0. The van der Waals surface area contributed by atoms with Crippen molar-refractivity contribution in [1.82, 2.24) is 9.97 Å². The first-order valence-corrected chi connectivity index (χ1v) is 23.5. The molecule has 4 aromatic carbocycles. The largest absolute Gasteiger partial charge is 1.00 e. The number of benzene rings is 4. The Morgan fingerprint density at radius 3 is 1.23 bits per heavy atom. The molecule has 2 aromatic heterocycles. The standard InChI is InChI=1S/C24H25BrN2O2.C21H20BrIN2O2.C7H3.C3H5.BF3.K/c1-17(2)22-14-26-24(13-23(22)25)27(15-18-5-9-20(28-3)10-6-18)16-19-7-11-21(29-4)12-8-19;1-26-17-7-3-15(4-8-17)13-25(21-11-19(22)20(23)12-24-21)14-16-5-9-18(27-2)10-6-16;1-3-5-7-6-4-2;1-3-2;2-1(3)4;/h5-14H,1,15-16H2,2-4H3;3-12H,13-14H2,1-2H3;1H,2H2;1H2,2H3;;/q;;2*-1;;+1. The van der Waals surface area contributed by atoms with Crippen LogP contribution in [0.4, 0.5) is 24.6 Å². The molecule has 0 saturated carbocycles. The van der Waals surface area contributed by atoms with E-state index in [1.807, 2.05) is 67.8 Å². The smallest absolute Gasteiger partial charge is 0.507 e. The van der Waals surface area contributed by atoms with E-state index in [0.29, 0.717) is 0 Å². The van der Waals surface area contributed by atoms with Crippen LogP contribution in [0.2, 0.25) is 0 Å². The minimum Gasteiger partial charge on any atom is -0.507 e. The maximum atomic E-state index is 9.67. The number of ether oxygens (including phenoxy) is 4. The first-order chi connectivity index (χ1) is 33.6. The third kappa shape index (κ3) is 25.4. The van der Waals surface area contributed by atoms with Gasteiger partial charge in [-0.2, -0.15) is 13.8 Å². The summed E-state index contributed by atoms with van der Waals surface area (Å²) in [6.45, 7) is 17.2. The van der Waals surface area contributed by atoms with Crippen LogP contribution in [0, 0.1) is 52.6 Å². The Bertz CT molecular complexity index is 2590. The number of hydrogen-bond donors (Lipinski definition) is 0. The molecular formula is C55H53BBr2F3IKN4O4-. The fourth-order valence-corrected chi connectivity index (χ4v) is 7.08. The van der Waals surface area contributed by atoms with E-state index >= 15 is 0 Å². The van der Waals surface area contributed by atoms with E-state index < -0.39 is 7.54 Å². The van der Waals surface area contributed by atoms with Crippen molar-refractivity contribution in [1.29, 1.82) is 0 Å². The molecule has 0 amide bonds. The Morgan fingerprint density at radius 1 is 0.662 bits per heavy atom. The summed E-state index contributed by atoms with van der Waals surface area (Å²) in [4.78, 5) is 13.8. The molecule has 0 fully saturated rings. The minimum absolute atomic E-state index is 0. The molecule has 0 unspecified atom stereocenters. The number of allylic oxidation sites excluding steroid dienone is 2. The molecule has 0 bridgehead atoms. The van der Waals surface area contributed by atoms with Gasteiger partial charge in [-0.05, 0) is 162 Å². The minimum atomic E-state index is -3.67. The summed E-state index contributed by atoms with van der Waals surface area (Å²) >= 11 is 9.55. The number of anilines is 2. The van der Waals surface area contributed by atoms with Crippen LogP contribution >= 0.6 is 54.5 Å².